The number of carbonyl (C=O) groups excluding carboxylic acids is 2. The Labute approximate surface area is 147 Å². The van der Waals surface area contributed by atoms with Crippen molar-refractivity contribution in [2.75, 3.05) is 6.61 Å². The number of nitrogens with one attached hydrogen (secondary N) is 1. The number of aromatic amines is 1. The molecule has 2 aromatic rings. The quantitative estimate of drug-likeness (QED) is 0.811. The smallest absolute Gasteiger partial charge is 0.343 e. The molecule has 1 atom stereocenters. The Morgan fingerprint density at radius 3 is 2.88 bits per heavy atom. The van der Waals surface area contributed by atoms with Crippen LogP contribution in [-0.2, 0) is 9.53 Å². The molecule has 0 saturated carbocycles. The van der Waals surface area contributed by atoms with Gasteiger partial charge in [-0.05, 0) is 24.6 Å². The first-order chi connectivity index (χ1) is 11.9. The van der Waals surface area contributed by atoms with Crippen LogP contribution in [0.4, 0.5) is 0 Å². The second-order valence-corrected chi connectivity index (χ2v) is 5.84. The van der Waals surface area contributed by atoms with Gasteiger partial charge in [0.2, 0.25) is 0 Å². The molecular formula is C17H14ClNO6. The molecule has 0 amide bonds. The van der Waals surface area contributed by atoms with Crippen LogP contribution >= 0.6 is 11.6 Å². The molecule has 2 N–H and O–H groups in total. The van der Waals surface area contributed by atoms with Crippen LogP contribution in [0.15, 0.2) is 29.2 Å². The minimum Gasteiger partial charge on any atom is -0.506 e. The number of hydrogen-bond acceptors (Lipinski definition) is 6. The Kier molecular flexibility index (Phi) is 4.50. The highest BCUT2D eigenvalue weighted by molar-refractivity contribution is 6.32. The van der Waals surface area contributed by atoms with Crippen molar-refractivity contribution in [3.63, 3.8) is 0 Å². The molecular weight excluding hydrogens is 350 g/mol. The fourth-order valence-corrected chi connectivity index (χ4v) is 2.95. The van der Waals surface area contributed by atoms with Gasteiger partial charge < -0.3 is 19.6 Å². The third kappa shape index (κ3) is 3.10. The Hall–Kier alpha value is -2.80. The van der Waals surface area contributed by atoms with E-state index in [-0.39, 0.29) is 40.7 Å². The minimum atomic E-state index is -0.702. The number of pyridine rings is 1. The van der Waals surface area contributed by atoms with Crippen molar-refractivity contribution in [2.24, 2.45) is 0 Å². The number of phenolic OH excluding ortho intramolecular Hbond substituents is 1. The Balaban J connectivity index is 2.18. The molecule has 0 aliphatic carbocycles. The number of benzene rings is 1. The normalized spacial score (nSPS) is 16.1. The molecule has 1 aromatic carbocycles. The van der Waals surface area contributed by atoms with E-state index in [4.69, 9.17) is 21.1 Å². The maximum atomic E-state index is 12.4. The van der Waals surface area contributed by atoms with E-state index in [9.17, 15) is 19.5 Å². The zero-order chi connectivity index (χ0) is 18.1. The van der Waals surface area contributed by atoms with E-state index in [0.29, 0.717) is 5.56 Å². The lowest BCUT2D eigenvalue weighted by molar-refractivity contribution is -0.135. The lowest BCUT2D eigenvalue weighted by Crippen LogP contribution is -2.30. The highest BCUT2D eigenvalue weighted by Gasteiger charge is 2.35. The molecule has 7 nitrogen and oxygen atoms in total. The van der Waals surface area contributed by atoms with Gasteiger partial charge in [-0.25, -0.2) is 4.79 Å². The van der Waals surface area contributed by atoms with E-state index in [2.05, 4.69) is 4.98 Å². The monoisotopic (exact) mass is 363 g/mol. The summed E-state index contributed by atoms with van der Waals surface area (Å²) in [5.41, 5.74) is 0.184. The average molecular weight is 364 g/mol. The molecule has 130 valence electrons. The van der Waals surface area contributed by atoms with Gasteiger partial charge in [-0.3, -0.25) is 9.59 Å². The van der Waals surface area contributed by atoms with Gasteiger partial charge in [-0.15, -0.1) is 0 Å². The Morgan fingerprint density at radius 2 is 2.20 bits per heavy atom. The van der Waals surface area contributed by atoms with Gasteiger partial charge in [0, 0.05) is 12.1 Å². The number of fused-ring (bicyclic) bond motifs is 1. The maximum absolute atomic E-state index is 12.4. The van der Waals surface area contributed by atoms with Crippen molar-refractivity contribution in [3.05, 3.63) is 56.5 Å². The number of rotatable bonds is 3. The summed E-state index contributed by atoms with van der Waals surface area (Å²) in [7, 11) is 0. The van der Waals surface area contributed by atoms with Crippen LogP contribution in [0.5, 0.6) is 11.5 Å². The first kappa shape index (κ1) is 17.0. The van der Waals surface area contributed by atoms with Gasteiger partial charge in [0.25, 0.3) is 5.56 Å². The van der Waals surface area contributed by atoms with Gasteiger partial charge in [0.1, 0.15) is 11.3 Å². The predicted molar refractivity (Wildman–Crippen MR) is 88.2 cm³/mol. The molecule has 0 bridgehead atoms. The minimum absolute atomic E-state index is 0.0284. The molecule has 0 radical (unpaired) electrons. The summed E-state index contributed by atoms with van der Waals surface area (Å²) in [6.07, 6.45) is 1.07. The van der Waals surface area contributed by atoms with Crippen LogP contribution in [0.25, 0.3) is 0 Å². The molecule has 1 aliphatic heterocycles. The molecule has 1 aromatic heterocycles. The second kappa shape index (κ2) is 6.60. The van der Waals surface area contributed by atoms with E-state index in [0.717, 1.165) is 0 Å². The summed E-state index contributed by atoms with van der Waals surface area (Å²) in [5.74, 6) is -2.16. The fourth-order valence-electron chi connectivity index (χ4n) is 2.76. The van der Waals surface area contributed by atoms with Crippen molar-refractivity contribution in [1.82, 2.24) is 4.98 Å². The number of ether oxygens (including phenoxy) is 2. The summed E-state index contributed by atoms with van der Waals surface area (Å²) < 4.78 is 10.1. The first-order valence-corrected chi connectivity index (χ1v) is 7.92. The predicted octanol–water partition coefficient (Wildman–Crippen LogP) is 2.35. The van der Waals surface area contributed by atoms with Crippen molar-refractivity contribution >= 4 is 23.5 Å². The standard InChI is InChI=1S/C17H14ClNO6/c1-2-24-17(23)10-7-19-16(22)14-9(6-13(21)25-15(10)14)8-3-4-12(20)11(18)5-8/h3-5,7,9,20H,2,6H2,1H3,(H,19,22)/t9-/m0/s1. The summed E-state index contributed by atoms with van der Waals surface area (Å²) in [6.45, 7) is 1.78. The van der Waals surface area contributed by atoms with E-state index in [1.54, 1.807) is 13.0 Å². The van der Waals surface area contributed by atoms with Crippen molar-refractivity contribution < 1.29 is 24.2 Å². The van der Waals surface area contributed by atoms with Gasteiger partial charge >= 0.3 is 11.9 Å². The van der Waals surface area contributed by atoms with Gasteiger partial charge in [-0.1, -0.05) is 17.7 Å². The average Bonchev–Trinajstić information content (AvgIpc) is 2.57. The summed E-state index contributed by atoms with van der Waals surface area (Å²) in [5, 5.41) is 9.66. The Morgan fingerprint density at radius 1 is 1.44 bits per heavy atom. The Bertz CT molecular complexity index is 920. The second-order valence-electron chi connectivity index (χ2n) is 5.44. The number of aromatic nitrogens is 1. The first-order valence-electron chi connectivity index (χ1n) is 7.54. The largest absolute Gasteiger partial charge is 0.506 e. The number of halogens is 1. The number of carbonyl (C=O) groups is 2. The van der Waals surface area contributed by atoms with Crippen LogP contribution < -0.4 is 10.3 Å². The lowest BCUT2D eigenvalue weighted by Gasteiger charge is -2.25. The third-order valence-electron chi connectivity index (χ3n) is 3.89. The zero-order valence-corrected chi connectivity index (χ0v) is 13.9. The van der Waals surface area contributed by atoms with Crippen LogP contribution in [-0.4, -0.2) is 28.6 Å². The van der Waals surface area contributed by atoms with Crippen molar-refractivity contribution in [3.8, 4) is 11.5 Å². The highest BCUT2D eigenvalue weighted by Crippen LogP contribution is 2.40. The van der Waals surface area contributed by atoms with Crippen molar-refractivity contribution in [2.45, 2.75) is 19.3 Å². The molecule has 25 heavy (non-hydrogen) atoms. The van der Waals surface area contributed by atoms with E-state index >= 15 is 0 Å². The number of H-pyrrole nitrogens is 1. The third-order valence-corrected chi connectivity index (χ3v) is 4.19. The SMILES string of the molecule is CCOC(=O)c1c[nH]c(=O)c2c1OC(=O)C[C@H]2c1ccc(O)c(Cl)c1. The maximum Gasteiger partial charge on any atom is 0.343 e. The molecule has 1 aliphatic rings. The molecule has 0 fully saturated rings. The van der Waals surface area contributed by atoms with E-state index in [1.807, 2.05) is 0 Å². The molecule has 8 heteroatoms. The number of aromatic hydroxyl groups is 1. The molecule has 0 spiro atoms. The van der Waals surface area contributed by atoms with E-state index in [1.165, 1.54) is 18.3 Å². The topological polar surface area (TPSA) is 106 Å². The zero-order valence-electron chi connectivity index (χ0n) is 13.2. The number of hydrogen-bond donors (Lipinski definition) is 2. The summed E-state index contributed by atoms with van der Waals surface area (Å²) >= 11 is 5.93. The van der Waals surface area contributed by atoms with Crippen LogP contribution in [0.1, 0.15) is 40.7 Å². The van der Waals surface area contributed by atoms with Gasteiger partial charge in [0.05, 0.1) is 23.6 Å². The molecule has 2 heterocycles. The highest BCUT2D eigenvalue weighted by atomic mass is 35.5. The van der Waals surface area contributed by atoms with Crippen LogP contribution in [0.2, 0.25) is 5.02 Å². The van der Waals surface area contributed by atoms with Crippen LogP contribution in [0, 0.1) is 0 Å². The van der Waals surface area contributed by atoms with Crippen LogP contribution in [0.3, 0.4) is 0 Å². The summed E-state index contributed by atoms with van der Waals surface area (Å²) in [6, 6.07) is 4.41. The lowest BCUT2D eigenvalue weighted by atomic mass is 9.86. The molecule has 3 rings (SSSR count). The van der Waals surface area contributed by atoms with Crippen molar-refractivity contribution in [1.29, 1.82) is 0 Å². The molecule has 0 saturated heterocycles. The fraction of sp³-hybridized carbons (Fsp3) is 0.235. The number of esters is 2. The van der Waals surface area contributed by atoms with Gasteiger partial charge in [-0.2, -0.15) is 0 Å². The molecule has 0 unspecified atom stereocenters. The number of phenols is 1. The van der Waals surface area contributed by atoms with E-state index < -0.39 is 23.4 Å². The van der Waals surface area contributed by atoms with Gasteiger partial charge in [0.15, 0.2) is 5.75 Å². The summed E-state index contributed by atoms with van der Waals surface area (Å²) in [4.78, 5) is 39.0.